The van der Waals surface area contributed by atoms with E-state index in [9.17, 15) is 0 Å². The van der Waals surface area contributed by atoms with E-state index in [-0.39, 0.29) is 0 Å². The Morgan fingerprint density at radius 1 is 0.333 bits per heavy atom. The summed E-state index contributed by atoms with van der Waals surface area (Å²) in [6.07, 6.45) is 0. The third kappa shape index (κ3) is 5.48. The van der Waals surface area contributed by atoms with Gasteiger partial charge in [-0.15, -0.1) is 0 Å². The number of ether oxygens (including phenoxy) is 1. The van der Waals surface area contributed by atoms with E-state index in [0.717, 1.165) is 61.8 Å². The van der Waals surface area contributed by atoms with Crippen LogP contribution in [0.1, 0.15) is 16.7 Å². The van der Waals surface area contributed by atoms with Gasteiger partial charge in [-0.1, -0.05) is 158 Å². The van der Waals surface area contributed by atoms with Crippen LogP contribution >= 0.6 is 0 Å². The first-order valence-corrected chi connectivity index (χ1v) is 17.4. The summed E-state index contributed by atoms with van der Waals surface area (Å²) >= 11 is 0. The summed E-state index contributed by atoms with van der Waals surface area (Å²) in [6, 6.07) is 75.3. The molecular formula is C49H35NO. The first kappa shape index (κ1) is 30.4. The molecule has 0 saturated carbocycles. The molecule has 2 nitrogen and oxygen atoms in total. The predicted molar refractivity (Wildman–Crippen MR) is 211 cm³/mol. The Bertz CT molecular complexity index is 2350. The summed E-state index contributed by atoms with van der Waals surface area (Å²) in [5.41, 5.74) is 12.5. The molecule has 0 saturated heterocycles. The second-order valence-electron chi connectivity index (χ2n) is 12.9. The van der Waals surface area contributed by atoms with Gasteiger partial charge in [0, 0.05) is 45.4 Å². The van der Waals surface area contributed by atoms with E-state index in [4.69, 9.17) is 4.74 Å². The first-order chi connectivity index (χ1) is 25.3. The predicted octanol–water partition coefficient (Wildman–Crippen LogP) is 12.8. The number of rotatable bonds is 7. The molecule has 0 fully saturated rings. The van der Waals surface area contributed by atoms with Crippen LogP contribution in [0.5, 0.6) is 5.75 Å². The van der Waals surface area contributed by atoms with E-state index in [1.165, 1.54) is 11.1 Å². The van der Waals surface area contributed by atoms with Gasteiger partial charge in [0.25, 0.3) is 0 Å². The second kappa shape index (κ2) is 13.0. The Morgan fingerprint density at radius 3 is 1.39 bits per heavy atom. The van der Waals surface area contributed by atoms with Crippen LogP contribution in [0, 0.1) is 0 Å². The number of fused-ring (bicyclic) bond motifs is 3. The van der Waals surface area contributed by atoms with Gasteiger partial charge < -0.3 is 9.64 Å². The summed E-state index contributed by atoms with van der Waals surface area (Å²) in [5, 5.41) is 0. The molecule has 2 heteroatoms. The van der Waals surface area contributed by atoms with Crippen LogP contribution in [-0.4, -0.2) is 0 Å². The van der Waals surface area contributed by atoms with Crippen molar-refractivity contribution in [3.05, 3.63) is 229 Å². The molecule has 1 heterocycles. The molecule has 8 aromatic rings. The van der Waals surface area contributed by atoms with Crippen LogP contribution in [0.3, 0.4) is 0 Å². The molecule has 0 N–H and O–H groups in total. The Hall–Kier alpha value is -6.64. The van der Waals surface area contributed by atoms with Crippen LogP contribution in [0.2, 0.25) is 0 Å². The highest BCUT2D eigenvalue weighted by atomic mass is 16.5. The molecule has 1 aliphatic rings. The van der Waals surface area contributed by atoms with Crippen LogP contribution in [0.15, 0.2) is 212 Å². The quantitative estimate of drug-likeness (QED) is 0.170. The fourth-order valence-electron chi connectivity index (χ4n) is 7.48. The minimum absolute atomic E-state index is 0.836. The lowest BCUT2D eigenvalue weighted by molar-refractivity contribution is 0.152. The van der Waals surface area contributed by atoms with Crippen LogP contribution in [0.4, 0.5) is 17.1 Å². The van der Waals surface area contributed by atoms with Gasteiger partial charge in [0.05, 0.1) is 0 Å². The molecule has 0 atom stereocenters. The summed E-state index contributed by atoms with van der Waals surface area (Å²) < 4.78 is 7.54. The van der Waals surface area contributed by atoms with E-state index in [2.05, 4.69) is 217 Å². The molecule has 51 heavy (non-hydrogen) atoms. The number of benzene rings is 8. The Kier molecular flexibility index (Phi) is 7.75. The number of para-hydroxylation sites is 2. The maximum atomic E-state index is 7.54. The minimum Gasteiger partial charge on any atom is -0.472 e. The lowest BCUT2D eigenvalue weighted by atomic mass is 9.74. The lowest BCUT2D eigenvalue weighted by Gasteiger charge is -2.42. The SMILES string of the molecule is c1ccc(-c2cccc(-c3ccc4c(c3)C(c3ccccc3)(c3ccccc3)Oc3cc(N(c5ccccc5)c5ccccc5)ccc3-4)c2)cc1. The van der Waals surface area contributed by atoms with Crippen molar-refractivity contribution in [1.29, 1.82) is 0 Å². The standard InChI is InChI=1S/C49H35NO/c1-6-17-36(18-7-1)37-19-16-20-38(33-37)39-29-31-45-46-32-30-44(50(42-25-12-4-13-26-42)43-27-14-5-15-28-43)35-48(46)51-49(47(45)34-39,40-21-8-2-9-22-40)41-23-10-3-11-24-41/h1-35H. The summed E-state index contributed by atoms with van der Waals surface area (Å²) in [7, 11) is 0. The second-order valence-corrected chi connectivity index (χ2v) is 12.9. The molecule has 0 amide bonds. The summed E-state index contributed by atoms with van der Waals surface area (Å²) in [4.78, 5) is 2.29. The number of hydrogen-bond donors (Lipinski definition) is 0. The molecule has 8 aromatic carbocycles. The normalized spacial score (nSPS) is 12.6. The minimum atomic E-state index is -0.902. The van der Waals surface area contributed by atoms with Crippen LogP contribution in [0.25, 0.3) is 33.4 Å². The summed E-state index contributed by atoms with van der Waals surface area (Å²) in [6.45, 7) is 0. The Labute approximate surface area is 299 Å². The van der Waals surface area contributed by atoms with Crippen molar-refractivity contribution in [1.82, 2.24) is 0 Å². The van der Waals surface area contributed by atoms with E-state index in [1.54, 1.807) is 0 Å². The van der Waals surface area contributed by atoms with Crippen molar-refractivity contribution in [2.24, 2.45) is 0 Å². The van der Waals surface area contributed by atoms with Gasteiger partial charge in [0.15, 0.2) is 5.60 Å². The van der Waals surface area contributed by atoms with Gasteiger partial charge in [-0.3, -0.25) is 0 Å². The maximum Gasteiger partial charge on any atom is 0.185 e. The first-order valence-electron chi connectivity index (χ1n) is 17.4. The lowest BCUT2D eigenvalue weighted by Crippen LogP contribution is -2.38. The van der Waals surface area contributed by atoms with Crippen molar-refractivity contribution in [2.45, 2.75) is 5.60 Å². The third-order valence-corrected chi connectivity index (χ3v) is 9.87. The molecular weight excluding hydrogens is 619 g/mol. The van der Waals surface area contributed by atoms with Gasteiger partial charge in [0.2, 0.25) is 0 Å². The molecule has 0 aromatic heterocycles. The van der Waals surface area contributed by atoms with E-state index in [0.29, 0.717) is 0 Å². The van der Waals surface area contributed by atoms with Gasteiger partial charge in [-0.25, -0.2) is 0 Å². The van der Waals surface area contributed by atoms with Gasteiger partial charge in [-0.2, -0.15) is 0 Å². The van der Waals surface area contributed by atoms with Crippen molar-refractivity contribution >= 4 is 17.1 Å². The van der Waals surface area contributed by atoms with Crippen LogP contribution in [-0.2, 0) is 5.60 Å². The number of anilines is 3. The average Bonchev–Trinajstić information content (AvgIpc) is 3.22. The molecule has 0 bridgehead atoms. The molecule has 0 spiro atoms. The van der Waals surface area contributed by atoms with E-state index in [1.807, 2.05) is 0 Å². The zero-order valence-electron chi connectivity index (χ0n) is 28.1. The van der Waals surface area contributed by atoms with Gasteiger partial charge in [0.1, 0.15) is 5.75 Å². The summed E-state index contributed by atoms with van der Waals surface area (Å²) in [5.74, 6) is 0.836. The van der Waals surface area contributed by atoms with Crippen LogP contribution < -0.4 is 9.64 Å². The maximum absolute atomic E-state index is 7.54. The van der Waals surface area contributed by atoms with Gasteiger partial charge >= 0.3 is 0 Å². The van der Waals surface area contributed by atoms with E-state index >= 15 is 0 Å². The molecule has 9 rings (SSSR count). The highest BCUT2D eigenvalue weighted by Gasteiger charge is 2.44. The Morgan fingerprint density at radius 2 is 0.804 bits per heavy atom. The Balaban J connectivity index is 1.27. The fraction of sp³-hybridized carbons (Fsp3) is 0.0204. The zero-order chi connectivity index (χ0) is 34.0. The van der Waals surface area contributed by atoms with Crippen molar-refractivity contribution in [3.63, 3.8) is 0 Å². The fourth-order valence-corrected chi connectivity index (χ4v) is 7.48. The van der Waals surface area contributed by atoms with Crippen molar-refractivity contribution in [2.75, 3.05) is 4.90 Å². The topological polar surface area (TPSA) is 12.5 Å². The largest absolute Gasteiger partial charge is 0.472 e. The average molecular weight is 654 g/mol. The third-order valence-electron chi connectivity index (χ3n) is 9.87. The highest BCUT2D eigenvalue weighted by molar-refractivity contribution is 5.86. The van der Waals surface area contributed by atoms with Crippen molar-refractivity contribution < 1.29 is 4.74 Å². The zero-order valence-corrected chi connectivity index (χ0v) is 28.1. The monoisotopic (exact) mass is 653 g/mol. The van der Waals surface area contributed by atoms with Crippen molar-refractivity contribution in [3.8, 4) is 39.1 Å². The van der Waals surface area contributed by atoms with E-state index < -0.39 is 5.60 Å². The molecule has 0 radical (unpaired) electrons. The number of nitrogens with zero attached hydrogens (tertiary/aromatic N) is 1. The molecule has 0 unspecified atom stereocenters. The smallest absolute Gasteiger partial charge is 0.185 e. The molecule has 242 valence electrons. The molecule has 1 aliphatic heterocycles. The number of hydrogen-bond acceptors (Lipinski definition) is 2. The molecule has 0 aliphatic carbocycles. The van der Waals surface area contributed by atoms with Gasteiger partial charge in [-0.05, 0) is 76.3 Å². The highest BCUT2D eigenvalue weighted by Crippen LogP contribution is 2.53.